The molecule has 1 atom stereocenters. The predicted molar refractivity (Wildman–Crippen MR) is 147 cm³/mol. The number of aryl methyl sites for hydroxylation is 1. The van der Waals surface area contributed by atoms with Crippen LogP contribution < -0.4 is 9.62 Å². The van der Waals surface area contributed by atoms with E-state index in [1.807, 2.05) is 52.0 Å². The average molecular weight is 536 g/mol. The Kier molecular flexibility index (Phi) is 10.8. The SMILES string of the molecule is CCC(C(=O)NC(C)C)N(Cc1ccccc1C)C(=O)CCCN(c1cccc(Cl)c1C)S(C)(=O)=O. The number of hydrogen-bond acceptors (Lipinski definition) is 4. The summed E-state index contributed by atoms with van der Waals surface area (Å²) in [5.74, 6) is -0.387. The quantitative estimate of drug-likeness (QED) is 0.421. The normalized spacial score (nSPS) is 12.3. The molecular formula is C27H38ClN3O4S. The van der Waals surface area contributed by atoms with E-state index in [1.165, 1.54) is 4.31 Å². The molecule has 0 aliphatic carbocycles. The first-order valence-corrected chi connectivity index (χ1v) is 14.5. The molecule has 0 fully saturated rings. The summed E-state index contributed by atoms with van der Waals surface area (Å²) in [6, 6.07) is 12.2. The van der Waals surface area contributed by atoms with Crippen molar-refractivity contribution < 1.29 is 18.0 Å². The van der Waals surface area contributed by atoms with Crippen LogP contribution >= 0.6 is 11.6 Å². The number of nitrogens with zero attached hydrogens (tertiary/aromatic N) is 2. The third-order valence-electron chi connectivity index (χ3n) is 6.08. The number of carbonyl (C=O) groups excluding carboxylic acids is 2. The zero-order chi connectivity index (χ0) is 27.0. The monoisotopic (exact) mass is 535 g/mol. The molecule has 198 valence electrons. The second-order valence-corrected chi connectivity index (χ2v) is 11.7. The number of halogens is 1. The Labute approximate surface area is 220 Å². The van der Waals surface area contributed by atoms with Gasteiger partial charge in [-0.25, -0.2) is 8.42 Å². The maximum Gasteiger partial charge on any atom is 0.243 e. The first-order valence-electron chi connectivity index (χ1n) is 12.2. The average Bonchev–Trinajstić information content (AvgIpc) is 2.78. The molecule has 0 radical (unpaired) electrons. The minimum absolute atomic E-state index is 0.0498. The van der Waals surface area contributed by atoms with Crippen LogP contribution in [0.3, 0.4) is 0 Å². The Morgan fingerprint density at radius 1 is 1.06 bits per heavy atom. The Hall–Kier alpha value is -2.58. The zero-order valence-electron chi connectivity index (χ0n) is 22.0. The fraction of sp³-hybridized carbons (Fsp3) is 0.481. The van der Waals surface area contributed by atoms with Crippen LogP contribution in [0.5, 0.6) is 0 Å². The van der Waals surface area contributed by atoms with Gasteiger partial charge in [-0.05, 0) is 69.4 Å². The van der Waals surface area contributed by atoms with Gasteiger partial charge < -0.3 is 10.2 Å². The summed E-state index contributed by atoms with van der Waals surface area (Å²) in [6.07, 6.45) is 2.00. The van der Waals surface area contributed by atoms with Crippen LogP contribution in [0.4, 0.5) is 5.69 Å². The molecule has 36 heavy (non-hydrogen) atoms. The maximum atomic E-state index is 13.5. The summed E-state index contributed by atoms with van der Waals surface area (Å²) in [5.41, 5.74) is 3.16. The number of rotatable bonds is 12. The Morgan fingerprint density at radius 2 is 1.72 bits per heavy atom. The lowest BCUT2D eigenvalue weighted by Gasteiger charge is -2.32. The summed E-state index contributed by atoms with van der Waals surface area (Å²) < 4.78 is 26.4. The summed E-state index contributed by atoms with van der Waals surface area (Å²) in [5, 5.41) is 3.40. The summed E-state index contributed by atoms with van der Waals surface area (Å²) in [4.78, 5) is 28.1. The van der Waals surface area contributed by atoms with Crippen LogP contribution in [0, 0.1) is 13.8 Å². The molecule has 1 unspecified atom stereocenters. The Bertz CT molecular complexity index is 1170. The lowest BCUT2D eigenvalue weighted by atomic mass is 10.0. The fourth-order valence-electron chi connectivity index (χ4n) is 4.12. The van der Waals surface area contributed by atoms with Gasteiger partial charge in [-0.3, -0.25) is 13.9 Å². The van der Waals surface area contributed by atoms with Crippen molar-refractivity contribution in [2.24, 2.45) is 0 Å². The van der Waals surface area contributed by atoms with Gasteiger partial charge in [0.1, 0.15) is 6.04 Å². The highest BCUT2D eigenvalue weighted by molar-refractivity contribution is 7.92. The molecule has 9 heteroatoms. The van der Waals surface area contributed by atoms with Crippen molar-refractivity contribution in [2.45, 2.75) is 72.5 Å². The Balaban J connectivity index is 2.26. The number of sulfonamides is 1. The molecule has 0 heterocycles. The molecule has 2 amide bonds. The molecule has 0 aliphatic heterocycles. The number of amides is 2. The summed E-state index contributed by atoms with van der Waals surface area (Å²) in [6.45, 7) is 9.83. The van der Waals surface area contributed by atoms with Crippen molar-refractivity contribution in [1.82, 2.24) is 10.2 Å². The maximum absolute atomic E-state index is 13.5. The standard InChI is InChI=1S/C27H38ClN3O4S/c1-7-24(27(33)29-19(2)3)30(18-22-13-9-8-12-20(22)4)26(32)16-11-17-31(36(6,34)35)25-15-10-14-23(28)21(25)5/h8-10,12-15,19,24H,7,11,16-18H2,1-6H3,(H,29,33). The van der Waals surface area contributed by atoms with Gasteiger partial charge in [-0.2, -0.15) is 0 Å². The second-order valence-electron chi connectivity index (χ2n) is 9.36. The van der Waals surface area contributed by atoms with E-state index in [0.29, 0.717) is 35.7 Å². The van der Waals surface area contributed by atoms with E-state index in [1.54, 1.807) is 30.0 Å². The van der Waals surface area contributed by atoms with Gasteiger partial charge in [0, 0.05) is 30.6 Å². The van der Waals surface area contributed by atoms with Gasteiger partial charge in [-0.1, -0.05) is 48.9 Å². The number of carbonyl (C=O) groups is 2. The molecular weight excluding hydrogens is 498 g/mol. The third-order valence-corrected chi connectivity index (χ3v) is 7.67. The fourth-order valence-corrected chi connectivity index (χ4v) is 5.31. The van der Waals surface area contributed by atoms with Crippen LogP contribution in [0.1, 0.15) is 56.7 Å². The molecule has 7 nitrogen and oxygen atoms in total. The number of nitrogens with one attached hydrogen (secondary N) is 1. The highest BCUT2D eigenvalue weighted by atomic mass is 35.5. The molecule has 2 rings (SSSR count). The van der Waals surface area contributed by atoms with Crippen LogP contribution in [-0.2, 0) is 26.2 Å². The number of benzene rings is 2. The van der Waals surface area contributed by atoms with Crippen LogP contribution in [0.15, 0.2) is 42.5 Å². The number of anilines is 1. The lowest BCUT2D eigenvalue weighted by molar-refractivity contribution is -0.141. The minimum Gasteiger partial charge on any atom is -0.352 e. The van der Waals surface area contributed by atoms with Crippen molar-refractivity contribution in [3.05, 3.63) is 64.2 Å². The lowest BCUT2D eigenvalue weighted by Crippen LogP contribution is -2.50. The molecule has 1 N–H and O–H groups in total. The van der Waals surface area contributed by atoms with E-state index in [0.717, 1.165) is 17.4 Å². The smallest absolute Gasteiger partial charge is 0.243 e. The summed E-state index contributed by atoms with van der Waals surface area (Å²) in [7, 11) is -3.59. The molecule has 0 aromatic heterocycles. The van der Waals surface area contributed by atoms with E-state index in [-0.39, 0.29) is 30.8 Å². The third kappa shape index (κ3) is 7.96. The van der Waals surface area contributed by atoms with Gasteiger partial charge in [0.25, 0.3) is 0 Å². The Morgan fingerprint density at radius 3 is 2.31 bits per heavy atom. The highest BCUT2D eigenvalue weighted by Crippen LogP contribution is 2.28. The van der Waals surface area contributed by atoms with E-state index in [9.17, 15) is 18.0 Å². The zero-order valence-corrected chi connectivity index (χ0v) is 23.6. The van der Waals surface area contributed by atoms with Crippen molar-refractivity contribution in [1.29, 1.82) is 0 Å². The van der Waals surface area contributed by atoms with Gasteiger partial charge in [0.2, 0.25) is 21.8 Å². The van der Waals surface area contributed by atoms with Gasteiger partial charge >= 0.3 is 0 Å². The van der Waals surface area contributed by atoms with Crippen molar-refractivity contribution in [2.75, 3.05) is 17.1 Å². The minimum atomic E-state index is -3.59. The predicted octanol–water partition coefficient (Wildman–Crippen LogP) is 4.84. The van der Waals surface area contributed by atoms with Gasteiger partial charge in [0.05, 0.1) is 11.9 Å². The van der Waals surface area contributed by atoms with E-state index in [4.69, 9.17) is 11.6 Å². The van der Waals surface area contributed by atoms with Crippen molar-refractivity contribution in [3.8, 4) is 0 Å². The van der Waals surface area contributed by atoms with Crippen LogP contribution in [-0.4, -0.2) is 50.0 Å². The van der Waals surface area contributed by atoms with Crippen molar-refractivity contribution >= 4 is 39.1 Å². The largest absolute Gasteiger partial charge is 0.352 e. The second kappa shape index (κ2) is 13.1. The van der Waals surface area contributed by atoms with E-state index >= 15 is 0 Å². The molecule has 0 saturated carbocycles. The van der Waals surface area contributed by atoms with E-state index < -0.39 is 16.1 Å². The first-order chi connectivity index (χ1) is 16.9. The van der Waals surface area contributed by atoms with Crippen molar-refractivity contribution in [3.63, 3.8) is 0 Å². The molecule has 0 aliphatic rings. The van der Waals surface area contributed by atoms with Crippen LogP contribution in [0.2, 0.25) is 5.02 Å². The van der Waals surface area contributed by atoms with Gasteiger partial charge in [-0.15, -0.1) is 0 Å². The first kappa shape index (κ1) is 29.6. The van der Waals surface area contributed by atoms with Gasteiger partial charge in [0.15, 0.2) is 0 Å². The molecule has 0 bridgehead atoms. The molecule has 2 aromatic carbocycles. The molecule has 2 aromatic rings. The molecule has 0 saturated heterocycles. The summed E-state index contributed by atoms with van der Waals surface area (Å²) >= 11 is 6.22. The number of hydrogen-bond donors (Lipinski definition) is 1. The topological polar surface area (TPSA) is 86.8 Å². The van der Waals surface area contributed by atoms with Crippen LogP contribution in [0.25, 0.3) is 0 Å². The molecule has 0 spiro atoms. The van der Waals surface area contributed by atoms with E-state index in [2.05, 4.69) is 5.32 Å². The highest BCUT2D eigenvalue weighted by Gasteiger charge is 2.29.